The van der Waals surface area contributed by atoms with Gasteiger partial charge < -0.3 is 20.4 Å². The molecule has 2 rings (SSSR count). The van der Waals surface area contributed by atoms with E-state index in [2.05, 4.69) is 5.16 Å². The van der Waals surface area contributed by atoms with E-state index in [0.717, 1.165) is 17.1 Å². The summed E-state index contributed by atoms with van der Waals surface area (Å²) in [6.07, 6.45) is 0. The topological polar surface area (TPSA) is 77.1 Å². The number of para-hydroxylation sites is 1. The molecular formula is C16H18N2O3. The maximum Gasteiger partial charge on any atom is 0.170 e. The molecule has 0 fully saturated rings. The van der Waals surface area contributed by atoms with Crippen molar-refractivity contribution < 1.29 is 14.7 Å². The first-order chi connectivity index (χ1) is 10.2. The van der Waals surface area contributed by atoms with Crippen LogP contribution in [-0.2, 0) is 0 Å². The first kappa shape index (κ1) is 14.7. The van der Waals surface area contributed by atoms with Crippen LogP contribution in [0.2, 0.25) is 0 Å². The van der Waals surface area contributed by atoms with Crippen molar-refractivity contribution in [1.29, 1.82) is 0 Å². The molecule has 0 heterocycles. The summed E-state index contributed by atoms with van der Waals surface area (Å²) >= 11 is 0. The molecule has 0 aliphatic rings. The molecule has 110 valence electrons. The molecule has 0 aliphatic carbocycles. The molecular weight excluding hydrogens is 268 g/mol. The van der Waals surface area contributed by atoms with Gasteiger partial charge in [0.25, 0.3) is 0 Å². The third-order valence-corrected chi connectivity index (χ3v) is 2.95. The molecule has 0 unspecified atom stereocenters. The quantitative estimate of drug-likeness (QED) is 0.281. The first-order valence-electron chi connectivity index (χ1n) is 6.60. The van der Waals surface area contributed by atoms with Gasteiger partial charge >= 0.3 is 0 Å². The average molecular weight is 286 g/mol. The summed E-state index contributed by atoms with van der Waals surface area (Å²) in [5.41, 5.74) is 7.14. The monoisotopic (exact) mass is 286 g/mol. The molecule has 0 saturated carbocycles. The largest absolute Gasteiger partial charge is 0.490 e. The summed E-state index contributed by atoms with van der Waals surface area (Å²) in [5.74, 6) is 1.63. The van der Waals surface area contributed by atoms with Gasteiger partial charge in [0.15, 0.2) is 5.84 Å². The summed E-state index contributed by atoms with van der Waals surface area (Å²) in [4.78, 5) is 0. The van der Waals surface area contributed by atoms with E-state index in [4.69, 9.17) is 20.4 Å². The normalized spacial score (nSPS) is 11.2. The van der Waals surface area contributed by atoms with E-state index in [9.17, 15) is 0 Å². The van der Waals surface area contributed by atoms with Gasteiger partial charge in [-0.1, -0.05) is 23.4 Å². The number of ether oxygens (including phenoxy) is 2. The van der Waals surface area contributed by atoms with Crippen LogP contribution in [0.5, 0.6) is 11.5 Å². The lowest BCUT2D eigenvalue weighted by atomic mass is 10.1. The van der Waals surface area contributed by atoms with Crippen LogP contribution in [0.4, 0.5) is 0 Å². The summed E-state index contributed by atoms with van der Waals surface area (Å²) in [7, 11) is 0. The van der Waals surface area contributed by atoms with Crippen LogP contribution in [-0.4, -0.2) is 24.3 Å². The van der Waals surface area contributed by atoms with Gasteiger partial charge in [0.05, 0.1) is 0 Å². The van der Waals surface area contributed by atoms with Crippen LogP contribution in [0, 0.1) is 6.92 Å². The molecule has 0 aliphatic heterocycles. The molecule has 0 spiro atoms. The van der Waals surface area contributed by atoms with E-state index in [1.165, 1.54) is 0 Å². The number of oxime groups is 1. The number of nitrogens with two attached hydrogens (primary N) is 1. The van der Waals surface area contributed by atoms with E-state index >= 15 is 0 Å². The van der Waals surface area contributed by atoms with Crippen molar-refractivity contribution in [3.63, 3.8) is 0 Å². The number of aryl methyl sites for hydroxylation is 1. The van der Waals surface area contributed by atoms with Crippen molar-refractivity contribution in [2.24, 2.45) is 10.9 Å². The van der Waals surface area contributed by atoms with Gasteiger partial charge in [-0.15, -0.1) is 0 Å². The van der Waals surface area contributed by atoms with Crippen LogP contribution in [0.15, 0.2) is 53.7 Å². The van der Waals surface area contributed by atoms with Gasteiger partial charge in [-0.2, -0.15) is 0 Å². The smallest absolute Gasteiger partial charge is 0.170 e. The Kier molecular flexibility index (Phi) is 5.04. The van der Waals surface area contributed by atoms with Crippen LogP contribution in [0.1, 0.15) is 11.1 Å². The van der Waals surface area contributed by atoms with Gasteiger partial charge in [-0.25, -0.2) is 0 Å². The van der Waals surface area contributed by atoms with E-state index < -0.39 is 0 Å². The standard InChI is InChI=1S/C16H18N2O3/c1-12-11-14(7-8-15(12)16(17)18-19)21-10-9-20-13-5-3-2-4-6-13/h2-8,11,19H,9-10H2,1H3,(H2,17,18). The molecule has 2 aromatic rings. The van der Waals surface area contributed by atoms with Gasteiger partial charge in [0.2, 0.25) is 0 Å². The molecule has 0 radical (unpaired) electrons. The first-order valence-corrected chi connectivity index (χ1v) is 6.60. The van der Waals surface area contributed by atoms with Gasteiger partial charge in [0, 0.05) is 5.56 Å². The molecule has 0 saturated heterocycles. The highest BCUT2D eigenvalue weighted by atomic mass is 16.5. The second-order valence-corrected chi connectivity index (χ2v) is 4.47. The van der Waals surface area contributed by atoms with Crippen LogP contribution in [0.3, 0.4) is 0 Å². The van der Waals surface area contributed by atoms with E-state index in [-0.39, 0.29) is 5.84 Å². The number of hydrogen-bond acceptors (Lipinski definition) is 4. The Hall–Kier alpha value is -2.69. The molecule has 0 aromatic heterocycles. The maximum atomic E-state index is 8.68. The fraction of sp³-hybridized carbons (Fsp3) is 0.188. The average Bonchev–Trinajstić information content (AvgIpc) is 2.52. The van der Waals surface area contributed by atoms with Crippen LogP contribution in [0.25, 0.3) is 0 Å². The predicted molar refractivity (Wildman–Crippen MR) is 81.1 cm³/mol. The van der Waals surface area contributed by atoms with Crippen molar-refractivity contribution in [2.45, 2.75) is 6.92 Å². The SMILES string of the molecule is Cc1cc(OCCOc2ccccc2)ccc1/C(N)=N/O. The third kappa shape index (κ3) is 4.14. The second-order valence-electron chi connectivity index (χ2n) is 4.47. The number of benzene rings is 2. The zero-order valence-corrected chi connectivity index (χ0v) is 11.8. The van der Waals surface area contributed by atoms with Gasteiger partial charge in [0.1, 0.15) is 24.7 Å². The van der Waals surface area contributed by atoms with E-state index in [1.54, 1.807) is 12.1 Å². The molecule has 5 heteroatoms. The molecule has 2 aromatic carbocycles. The summed E-state index contributed by atoms with van der Waals surface area (Å²) in [6.45, 7) is 2.78. The van der Waals surface area contributed by atoms with Crippen molar-refractivity contribution in [2.75, 3.05) is 13.2 Å². The number of nitrogens with zero attached hydrogens (tertiary/aromatic N) is 1. The Balaban J connectivity index is 1.85. The fourth-order valence-electron chi connectivity index (χ4n) is 1.90. The molecule has 21 heavy (non-hydrogen) atoms. The van der Waals surface area contributed by atoms with Crippen molar-refractivity contribution in [3.8, 4) is 11.5 Å². The van der Waals surface area contributed by atoms with E-state index in [0.29, 0.717) is 18.8 Å². The van der Waals surface area contributed by atoms with Crippen molar-refractivity contribution >= 4 is 5.84 Å². The van der Waals surface area contributed by atoms with Crippen molar-refractivity contribution in [1.82, 2.24) is 0 Å². The second kappa shape index (κ2) is 7.19. The zero-order valence-electron chi connectivity index (χ0n) is 11.8. The summed E-state index contributed by atoms with van der Waals surface area (Å²) in [6, 6.07) is 15.0. The Morgan fingerprint density at radius 3 is 2.33 bits per heavy atom. The highest BCUT2D eigenvalue weighted by Crippen LogP contribution is 2.17. The zero-order chi connectivity index (χ0) is 15.1. The minimum atomic E-state index is 0.0893. The third-order valence-electron chi connectivity index (χ3n) is 2.95. The van der Waals surface area contributed by atoms with Crippen LogP contribution < -0.4 is 15.2 Å². The lowest BCUT2D eigenvalue weighted by Gasteiger charge is -2.10. The lowest BCUT2D eigenvalue weighted by molar-refractivity contribution is 0.217. The summed E-state index contributed by atoms with van der Waals surface area (Å²) < 4.78 is 11.1. The fourth-order valence-corrected chi connectivity index (χ4v) is 1.90. The maximum absolute atomic E-state index is 8.68. The number of rotatable bonds is 6. The lowest BCUT2D eigenvalue weighted by Crippen LogP contribution is -2.15. The Morgan fingerprint density at radius 2 is 1.71 bits per heavy atom. The minimum Gasteiger partial charge on any atom is -0.490 e. The Morgan fingerprint density at radius 1 is 1.05 bits per heavy atom. The molecule has 3 N–H and O–H groups in total. The van der Waals surface area contributed by atoms with Gasteiger partial charge in [-0.3, -0.25) is 0 Å². The molecule has 0 atom stereocenters. The van der Waals surface area contributed by atoms with Gasteiger partial charge in [-0.05, 0) is 42.8 Å². The summed E-state index contributed by atoms with van der Waals surface area (Å²) in [5, 5.41) is 11.7. The minimum absolute atomic E-state index is 0.0893. The highest BCUT2D eigenvalue weighted by molar-refractivity contribution is 5.98. The highest BCUT2D eigenvalue weighted by Gasteiger charge is 2.05. The van der Waals surface area contributed by atoms with E-state index in [1.807, 2.05) is 43.3 Å². The number of hydrogen-bond donors (Lipinski definition) is 2. The molecule has 0 bridgehead atoms. The predicted octanol–water partition coefficient (Wildman–Crippen LogP) is 2.55. The molecule has 0 amide bonds. The Bertz CT molecular complexity index is 612. The molecule has 5 nitrogen and oxygen atoms in total. The Labute approximate surface area is 123 Å². The van der Waals surface area contributed by atoms with Crippen molar-refractivity contribution in [3.05, 3.63) is 59.7 Å². The number of amidine groups is 1. The van der Waals surface area contributed by atoms with Crippen LogP contribution >= 0.6 is 0 Å².